The van der Waals surface area contributed by atoms with Gasteiger partial charge in [0.05, 0.1) is 36.9 Å². The third kappa shape index (κ3) is 3.10. The minimum Gasteiger partial charge on any atom is -0.497 e. The molecule has 0 N–H and O–H groups in total. The van der Waals surface area contributed by atoms with Gasteiger partial charge in [-0.1, -0.05) is 30.3 Å². The van der Waals surface area contributed by atoms with Crippen molar-refractivity contribution in [2.75, 3.05) is 12.0 Å². The molecule has 3 aromatic carbocycles. The lowest BCUT2D eigenvalue weighted by atomic mass is 9.83. The number of fused-ring (bicyclic) bond motifs is 5. The highest BCUT2D eigenvalue weighted by molar-refractivity contribution is 6.24. The van der Waals surface area contributed by atoms with E-state index in [1.165, 1.54) is 25.3 Å². The molecule has 6 rings (SSSR count). The second kappa shape index (κ2) is 7.87. The van der Waals surface area contributed by atoms with Crippen LogP contribution in [0.25, 0.3) is 0 Å². The van der Waals surface area contributed by atoms with E-state index in [1.807, 2.05) is 24.3 Å². The second-order valence-electron chi connectivity index (χ2n) is 8.78. The number of hydrogen-bond acceptors (Lipinski definition) is 6. The molecule has 3 heterocycles. The number of carbonyl (C=O) groups is 3. The van der Waals surface area contributed by atoms with E-state index in [9.17, 15) is 18.8 Å². The summed E-state index contributed by atoms with van der Waals surface area (Å²) in [5, 5.41) is 6.14. The van der Waals surface area contributed by atoms with Gasteiger partial charge in [-0.05, 0) is 53.6 Å². The van der Waals surface area contributed by atoms with Crippen molar-refractivity contribution in [2.45, 2.75) is 12.1 Å². The van der Waals surface area contributed by atoms with E-state index < -0.39 is 41.6 Å². The van der Waals surface area contributed by atoms with Gasteiger partial charge in [0.2, 0.25) is 11.8 Å². The molecule has 8 heteroatoms. The number of Topliss-reactive ketones (excluding diaryl/α,β-unsaturated/α-hetero) is 1. The van der Waals surface area contributed by atoms with Gasteiger partial charge in [-0.2, -0.15) is 5.10 Å². The molecule has 3 aromatic rings. The maximum absolute atomic E-state index is 14.0. The molecule has 3 aliphatic rings. The first-order valence-electron chi connectivity index (χ1n) is 11.2. The quantitative estimate of drug-likeness (QED) is 0.431. The fraction of sp³-hybridized carbons (Fsp3) is 0.185. The van der Waals surface area contributed by atoms with Crippen molar-refractivity contribution in [3.8, 4) is 5.75 Å². The summed E-state index contributed by atoms with van der Waals surface area (Å²) in [6.07, 6.45) is 1.65. The highest BCUT2D eigenvalue weighted by Gasteiger charge is 2.65. The molecule has 2 saturated heterocycles. The summed E-state index contributed by atoms with van der Waals surface area (Å²) < 4.78 is 19.2. The Balaban J connectivity index is 1.48. The first-order chi connectivity index (χ1) is 17.0. The molecule has 4 atom stereocenters. The van der Waals surface area contributed by atoms with Crippen LogP contribution in [0.5, 0.6) is 5.75 Å². The first kappa shape index (κ1) is 21.2. The maximum atomic E-state index is 14.0. The van der Waals surface area contributed by atoms with Gasteiger partial charge in [0.25, 0.3) is 0 Å². The smallest absolute Gasteiger partial charge is 0.240 e. The Labute approximate surface area is 200 Å². The number of nitrogens with zero attached hydrogens (tertiary/aromatic N) is 3. The lowest BCUT2D eigenvalue weighted by molar-refractivity contribution is -0.124. The Kier molecular flexibility index (Phi) is 4.77. The van der Waals surface area contributed by atoms with Gasteiger partial charge in [0.15, 0.2) is 5.78 Å². The lowest BCUT2D eigenvalue weighted by Crippen LogP contribution is -2.44. The number of anilines is 1. The van der Waals surface area contributed by atoms with Gasteiger partial charge in [0, 0.05) is 5.56 Å². The van der Waals surface area contributed by atoms with Crippen LogP contribution in [0.1, 0.15) is 27.5 Å². The monoisotopic (exact) mass is 469 g/mol. The molecule has 0 spiro atoms. The number of benzene rings is 3. The van der Waals surface area contributed by atoms with E-state index >= 15 is 0 Å². The summed E-state index contributed by atoms with van der Waals surface area (Å²) >= 11 is 0. The fourth-order valence-electron chi connectivity index (χ4n) is 5.46. The fourth-order valence-corrected chi connectivity index (χ4v) is 5.46. The van der Waals surface area contributed by atoms with Crippen LogP contribution in [0.15, 0.2) is 77.9 Å². The number of hydrazone groups is 1. The van der Waals surface area contributed by atoms with Crippen molar-refractivity contribution in [1.82, 2.24) is 5.01 Å². The van der Waals surface area contributed by atoms with Crippen LogP contribution in [-0.4, -0.2) is 42.0 Å². The summed E-state index contributed by atoms with van der Waals surface area (Å²) in [5.74, 6) is -3.07. The zero-order chi connectivity index (χ0) is 24.3. The van der Waals surface area contributed by atoms with E-state index in [4.69, 9.17) is 4.74 Å². The Morgan fingerprint density at radius 2 is 1.69 bits per heavy atom. The standard InChI is InChI=1S/C27H20FN3O4/c1-35-19-11-9-15(10-12-19)25(32)24-22-21(23-20-8-3-2-5-16(20)14-29-31(23)24)26(33)30(27(22)34)18-7-4-6-17(28)13-18/h2-14,21-24H,1H3/t21-,22+,23+,24-/m0/s1. The third-order valence-corrected chi connectivity index (χ3v) is 7.00. The highest BCUT2D eigenvalue weighted by atomic mass is 19.1. The number of hydrogen-bond donors (Lipinski definition) is 0. The van der Waals surface area contributed by atoms with Gasteiger partial charge in [-0.15, -0.1) is 0 Å². The van der Waals surface area contributed by atoms with Crippen molar-refractivity contribution < 1.29 is 23.5 Å². The Bertz CT molecular complexity index is 1400. The van der Waals surface area contributed by atoms with Crippen LogP contribution in [0.2, 0.25) is 0 Å². The van der Waals surface area contributed by atoms with Crippen molar-refractivity contribution in [2.24, 2.45) is 16.9 Å². The van der Waals surface area contributed by atoms with Gasteiger partial charge in [-0.25, -0.2) is 9.29 Å². The molecule has 0 aromatic heterocycles. The molecule has 35 heavy (non-hydrogen) atoms. The molecule has 2 fully saturated rings. The zero-order valence-electron chi connectivity index (χ0n) is 18.7. The Morgan fingerprint density at radius 1 is 0.943 bits per heavy atom. The molecule has 2 amide bonds. The predicted octanol–water partition coefficient (Wildman–Crippen LogP) is 3.60. The summed E-state index contributed by atoms with van der Waals surface area (Å²) in [6.45, 7) is 0. The van der Waals surface area contributed by atoms with Crippen molar-refractivity contribution in [1.29, 1.82) is 0 Å². The summed E-state index contributed by atoms with van der Waals surface area (Å²) in [4.78, 5) is 42.3. The number of amides is 2. The van der Waals surface area contributed by atoms with E-state index in [1.54, 1.807) is 35.5 Å². The predicted molar refractivity (Wildman–Crippen MR) is 126 cm³/mol. The molecule has 3 aliphatic heterocycles. The Hall–Kier alpha value is -4.33. The summed E-state index contributed by atoms with van der Waals surface area (Å²) in [5.41, 5.74) is 2.19. The van der Waals surface area contributed by atoms with Gasteiger partial charge in [0.1, 0.15) is 17.6 Å². The van der Waals surface area contributed by atoms with Crippen LogP contribution in [0.3, 0.4) is 0 Å². The summed E-state index contributed by atoms with van der Waals surface area (Å²) in [7, 11) is 1.53. The number of methoxy groups -OCH3 is 1. The minimum absolute atomic E-state index is 0.157. The van der Waals surface area contributed by atoms with Crippen molar-refractivity contribution >= 4 is 29.5 Å². The van der Waals surface area contributed by atoms with Crippen LogP contribution in [0.4, 0.5) is 10.1 Å². The third-order valence-electron chi connectivity index (χ3n) is 7.00. The summed E-state index contributed by atoms with van der Waals surface area (Å²) in [6, 6.07) is 17.9. The zero-order valence-corrected chi connectivity index (χ0v) is 18.7. The molecule has 0 radical (unpaired) electrons. The number of carbonyl (C=O) groups excluding carboxylic acids is 3. The van der Waals surface area contributed by atoms with E-state index in [2.05, 4.69) is 5.10 Å². The molecule has 7 nitrogen and oxygen atoms in total. The van der Waals surface area contributed by atoms with E-state index in [-0.39, 0.29) is 11.5 Å². The topological polar surface area (TPSA) is 79.3 Å². The molecule has 0 saturated carbocycles. The second-order valence-corrected chi connectivity index (χ2v) is 8.78. The van der Waals surface area contributed by atoms with Gasteiger partial charge in [-0.3, -0.25) is 19.4 Å². The van der Waals surface area contributed by atoms with Crippen LogP contribution >= 0.6 is 0 Å². The number of ether oxygens (including phenoxy) is 1. The van der Waals surface area contributed by atoms with Gasteiger partial charge < -0.3 is 4.74 Å². The first-order valence-corrected chi connectivity index (χ1v) is 11.2. The van der Waals surface area contributed by atoms with Gasteiger partial charge >= 0.3 is 0 Å². The molecule has 174 valence electrons. The molecular weight excluding hydrogens is 449 g/mol. The largest absolute Gasteiger partial charge is 0.497 e. The molecule has 0 aliphatic carbocycles. The maximum Gasteiger partial charge on any atom is 0.240 e. The van der Waals surface area contributed by atoms with E-state index in [0.29, 0.717) is 11.3 Å². The lowest BCUT2D eigenvalue weighted by Gasteiger charge is -2.33. The number of imide groups is 1. The normalized spacial score (nSPS) is 24.3. The van der Waals surface area contributed by atoms with Crippen molar-refractivity contribution in [3.63, 3.8) is 0 Å². The Morgan fingerprint density at radius 3 is 2.43 bits per heavy atom. The molecular formula is C27H20FN3O4. The van der Waals surface area contributed by atoms with Crippen LogP contribution in [-0.2, 0) is 9.59 Å². The number of rotatable bonds is 4. The van der Waals surface area contributed by atoms with Crippen molar-refractivity contribution in [3.05, 3.63) is 95.3 Å². The van der Waals surface area contributed by atoms with Crippen LogP contribution < -0.4 is 9.64 Å². The highest BCUT2D eigenvalue weighted by Crippen LogP contribution is 2.53. The van der Waals surface area contributed by atoms with E-state index in [0.717, 1.165) is 22.1 Å². The average molecular weight is 469 g/mol. The number of ketones is 1. The number of halogens is 1. The molecule has 0 unspecified atom stereocenters. The molecule has 0 bridgehead atoms. The average Bonchev–Trinajstić information content (AvgIpc) is 3.36. The van der Waals surface area contributed by atoms with Crippen LogP contribution in [0, 0.1) is 17.7 Å². The minimum atomic E-state index is -0.988. The SMILES string of the molecule is COc1ccc(C(=O)[C@@H]2[C@@H]3C(=O)N(c4cccc(F)c4)C(=O)[C@@H]3[C@H]3c4ccccc4C=NN23)cc1.